The molecule has 0 spiro atoms. The number of aromatic nitrogens is 1. The Bertz CT molecular complexity index is 1970. The van der Waals surface area contributed by atoms with Gasteiger partial charge in [-0.25, -0.2) is 4.79 Å². The van der Waals surface area contributed by atoms with Gasteiger partial charge in [0.15, 0.2) is 5.78 Å². The number of hydrogen-bond acceptors (Lipinski definition) is 6. The van der Waals surface area contributed by atoms with Crippen molar-refractivity contribution in [1.29, 1.82) is 0 Å². The standard InChI is InChI=1S/C34H26ClF3N2O4S/c1-3-40-29-14-8-21(31(41)25-7-5-4-6-20(25)2)18-26(29)27-19-22(9-15-30(27)40)32(42)28(39-44-33(43)34(36,37)38)16-17-45-24-12-10-23(35)11-13-24/h4-15,18-19H,3,16-17H2,1-2H3/b39-28+. The number of alkyl halides is 3. The van der Waals surface area contributed by atoms with Crippen LogP contribution in [-0.2, 0) is 16.2 Å². The summed E-state index contributed by atoms with van der Waals surface area (Å²) in [7, 11) is 0. The predicted octanol–water partition coefficient (Wildman–Crippen LogP) is 8.83. The summed E-state index contributed by atoms with van der Waals surface area (Å²) < 4.78 is 40.6. The minimum absolute atomic E-state index is 0.0822. The third kappa shape index (κ3) is 6.97. The van der Waals surface area contributed by atoms with Gasteiger partial charge in [0.05, 0.1) is 0 Å². The fourth-order valence-electron chi connectivity index (χ4n) is 5.02. The molecule has 0 atom stereocenters. The van der Waals surface area contributed by atoms with E-state index in [1.807, 2.05) is 36.6 Å². The number of halogens is 4. The van der Waals surface area contributed by atoms with Gasteiger partial charge in [0.25, 0.3) is 0 Å². The number of thioether (sulfide) groups is 1. The monoisotopic (exact) mass is 650 g/mol. The van der Waals surface area contributed by atoms with Gasteiger partial charge in [-0.15, -0.1) is 11.8 Å². The molecule has 230 valence electrons. The average molecular weight is 651 g/mol. The zero-order chi connectivity index (χ0) is 32.3. The minimum atomic E-state index is -5.27. The number of ketones is 2. The van der Waals surface area contributed by atoms with Crippen LogP contribution in [0.4, 0.5) is 13.2 Å². The highest BCUT2D eigenvalue weighted by molar-refractivity contribution is 7.99. The second-order valence-electron chi connectivity index (χ2n) is 10.1. The number of hydrogen-bond donors (Lipinski definition) is 0. The summed E-state index contributed by atoms with van der Waals surface area (Å²) in [6, 6.07) is 24.6. The summed E-state index contributed by atoms with van der Waals surface area (Å²) in [4.78, 5) is 43.4. The van der Waals surface area contributed by atoms with Crippen molar-refractivity contribution in [3.63, 3.8) is 0 Å². The van der Waals surface area contributed by atoms with Crippen LogP contribution in [0.1, 0.15) is 45.2 Å². The summed E-state index contributed by atoms with van der Waals surface area (Å²) in [6.45, 7) is 4.45. The van der Waals surface area contributed by atoms with Gasteiger partial charge in [0.1, 0.15) is 5.71 Å². The van der Waals surface area contributed by atoms with Crippen molar-refractivity contribution in [2.24, 2.45) is 5.16 Å². The molecule has 1 heterocycles. The van der Waals surface area contributed by atoms with Crippen molar-refractivity contribution in [3.05, 3.63) is 112 Å². The normalized spacial score (nSPS) is 12.1. The van der Waals surface area contributed by atoms with Gasteiger partial charge in [-0.1, -0.05) is 41.0 Å². The first kappa shape index (κ1) is 32.0. The Labute approximate surface area is 265 Å². The van der Waals surface area contributed by atoms with Crippen LogP contribution in [0.2, 0.25) is 5.02 Å². The number of aryl methyl sites for hydroxylation is 2. The molecular weight excluding hydrogens is 625 g/mol. The van der Waals surface area contributed by atoms with E-state index in [0.29, 0.717) is 28.1 Å². The fourth-order valence-corrected chi connectivity index (χ4v) is 6.01. The number of fused-ring (bicyclic) bond motifs is 3. The van der Waals surface area contributed by atoms with E-state index >= 15 is 0 Å². The molecule has 0 aliphatic heterocycles. The van der Waals surface area contributed by atoms with Crippen LogP contribution < -0.4 is 0 Å². The quantitative estimate of drug-likeness (QED) is 0.0496. The number of benzene rings is 4. The van der Waals surface area contributed by atoms with Crippen LogP contribution >= 0.6 is 23.4 Å². The fraction of sp³-hybridized carbons (Fsp3) is 0.176. The maximum Gasteiger partial charge on any atom is 0.493 e. The summed E-state index contributed by atoms with van der Waals surface area (Å²) in [5.41, 5.74) is 3.37. The zero-order valence-electron chi connectivity index (χ0n) is 24.2. The van der Waals surface area contributed by atoms with Crippen molar-refractivity contribution in [1.82, 2.24) is 4.57 Å². The second kappa shape index (κ2) is 13.3. The van der Waals surface area contributed by atoms with Crippen molar-refractivity contribution in [3.8, 4) is 0 Å². The highest BCUT2D eigenvalue weighted by Gasteiger charge is 2.42. The lowest BCUT2D eigenvalue weighted by Gasteiger charge is -2.08. The molecule has 1 aromatic heterocycles. The first-order chi connectivity index (χ1) is 21.5. The molecule has 0 bridgehead atoms. The van der Waals surface area contributed by atoms with Gasteiger partial charge < -0.3 is 9.40 Å². The molecule has 0 fully saturated rings. The van der Waals surface area contributed by atoms with Crippen LogP contribution in [0, 0.1) is 6.92 Å². The predicted molar refractivity (Wildman–Crippen MR) is 170 cm³/mol. The largest absolute Gasteiger partial charge is 0.493 e. The first-order valence-electron chi connectivity index (χ1n) is 13.9. The molecule has 11 heteroatoms. The van der Waals surface area contributed by atoms with E-state index in [9.17, 15) is 27.6 Å². The van der Waals surface area contributed by atoms with Crippen molar-refractivity contribution in [2.45, 2.75) is 37.9 Å². The molecule has 0 amide bonds. The molecule has 4 aromatic carbocycles. The van der Waals surface area contributed by atoms with E-state index in [-0.39, 0.29) is 29.2 Å². The first-order valence-corrected chi connectivity index (χ1v) is 15.3. The van der Waals surface area contributed by atoms with Crippen LogP contribution in [0.5, 0.6) is 0 Å². The summed E-state index contributed by atoms with van der Waals surface area (Å²) in [5, 5.41) is 5.33. The van der Waals surface area contributed by atoms with Crippen molar-refractivity contribution < 1.29 is 32.4 Å². The molecule has 0 saturated heterocycles. The number of nitrogens with zero attached hydrogens (tertiary/aromatic N) is 2. The number of carbonyl (C=O) groups is 3. The molecule has 0 unspecified atom stereocenters. The molecular formula is C34H26ClF3N2O4S. The van der Waals surface area contributed by atoms with Gasteiger partial charge in [-0.05, 0) is 80.1 Å². The lowest BCUT2D eigenvalue weighted by molar-refractivity contribution is -0.199. The van der Waals surface area contributed by atoms with Gasteiger partial charge in [0.2, 0.25) is 5.78 Å². The average Bonchev–Trinajstić information content (AvgIpc) is 3.34. The topological polar surface area (TPSA) is 77.7 Å². The van der Waals surface area contributed by atoms with Crippen LogP contribution in [0.3, 0.4) is 0 Å². The van der Waals surface area contributed by atoms with Gasteiger partial charge >= 0.3 is 12.1 Å². The SMILES string of the molecule is CCn1c2ccc(C(=O)/C(CCSc3ccc(Cl)cc3)=N/OC(=O)C(F)(F)F)cc2c2cc(C(=O)c3ccccc3C)ccc21. The molecule has 6 nitrogen and oxygen atoms in total. The van der Waals surface area contributed by atoms with Crippen LogP contribution in [0.25, 0.3) is 21.8 Å². The lowest BCUT2D eigenvalue weighted by atomic mass is 9.97. The lowest BCUT2D eigenvalue weighted by Crippen LogP contribution is -2.25. The summed E-state index contributed by atoms with van der Waals surface area (Å²) in [5.74, 6) is -3.09. The summed E-state index contributed by atoms with van der Waals surface area (Å²) in [6.07, 6.45) is -5.36. The maximum absolute atomic E-state index is 13.7. The Morgan fingerprint density at radius 3 is 2.13 bits per heavy atom. The number of rotatable bonds is 10. The van der Waals surface area contributed by atoms with E-state index in [0.717, 1.165) is 26.9 Å². The number of oxime groups is 1. The van der Waals surface area contributed by atoms with E-state index in [1.54, 1.807) is 66.7 Å². The Kier molecular flexibility index (Phi) is 9.45. The third-order valence-corrected chi connectivity index (χ3v) is 8.51. The molecule has 45 heavy (non-hydrogen) atoms. The van der Waals surface area contributed by atoms with Crippen molar-refractivity contribution in [2.75, 3.05) is 5.75 Å². The maximum atomic E-state index is 13.7. The van der Waals surface area contributed by atoms with E-state index < -0.39 is 17.9 Å². The van der Waals surface area contributed by atoms with Gasteiger partial charge in [-0.2, -0.15) is 13.2 Å². The molecule has 5 rings (SSSR count). The Hall–Kier alpha value is -4.41. The van der Waals surface area contributed by atoms with E-state index in [1.165, 1.54) is 11.8 Å². The van der Waals surface area contributed by atoms with Crippen LogP contribution in [-0.4, -0.2) is 39.7 Å². The molecule has 0 N–H and O–H groups in total. The highest BCUT2D eigenvalue weighted by Crippen LogP contribution is 2.32. The highest BCUT2D eigenvalue weighted by atomic mass is 35.5. The van der Waals surface area contributed by atoms with Crippen LogP contribution in [0.15, 0.2) is 95.0 Å². The molecule has 5 aromatic rings. The zero-order valence-corrected chi connectivity index (χ0v) is 25.7. The number of Topliss-reactive ketones (excluding diaryl/α,β-unsaturated/α-hetero) is 1. The molecule has 0 aliphatic rings. The molecule has 0 saturated carbocycles. The molecule has 0 aliphatic carbocycles. The Morgan fingerprint density at radius 1 is 0.889 bits per heavy atom. The van der Waals surface area contributed by atoms with Crippen molar-refractivity contribution >= 4 is 68.4 Å². The van der Waals surface area contributed by atoms with E-state index in [4.69, 9.17) is 11.6 Å². The number of carbonyl (C=O) groups excluding carboxylic acids is 3. The summed E-state index contributed by atoms with van der Waals surface area (Å²) >= 11 is 7.26. The smallest absolute Gasteiger partial charge is 0.341 e. The second-order valence-corrected chi connectivity index (χ2v) is 11.8. The third-order valence-electron chi connectivity index (χ3n) is 7.25. The Balaban J connectivity index is 1.51. The van der Waals surface area contributed by atoms with E-state index in [2.05, 4.69) is 9.99 Å². The Morgan fingerprint density at radius 2 is 1.51 bits per heavy atom. The van der Waals surface area contributed by atoms with Gasteiger partial charge in [-0.3, -0.25) is 9.59 Å². The van der Waals surface area contributed by atoms with Gasteiger partial charge in [0, 0.05) is 67.1 Å². The molecule has 0 radical (unpaired) electrons. The minimum Gasteiger partial charge on any atom is -0.341 e.